The number of benzene rings is 2. The number of hydrogen-bond acceptors (Lipinski definition) is 7. The second-order valence-electron chi connectivity index (χ2n) is 8.65. The molecule has 0 atom stereocenters. The number of phosphoric acid groups is 1. The third-order valence-corrected chi connectivity index (χ3v) is 8.02. The van der Waals surface area contributed by atoms with Gasteiger partial charge in [0.05, 0.1) is 42.7 Å². The maximum absolute atomic E-state index is 13.2. The topological polar surface area (TPSA) is 101 Å². The fraction of sp³-hybridized carbons (Fsp3) is 0.304. The number of fused-ring (bicyclic) bond motifs is 3. The lowest BCUT2D eigenvalue weighted by Gasteiger charge is -2.31. The smallest absolute Gasteiger partial charge is 0.382 e. The van der Waals surface area contributed by atoms with Crippen LogP contribution in [0.1, 0.15) is 24.3 Å². The molecule has 2 aliphatic rings. The molecule has 170 valence electrons. The summed E-state index contributed by atoms with van der Waals surface area (Å²) in [5, 5.41) is 1.60. The minimum atomic E-state index is -3.68. The van der Waals surface area contributed by atoms with Crippen molar-refractivity contribution in [1.82, 2.24) is 14.5 Å². The van der Waals surface area contributed by atoms with Crippen molar-refractivity contribution in [1.29, 1.82) is 0 Å². The summed E-state index contributed by atoms with van der Waals surface area (Å²) in [4.78, 5) is 8.92. The summed E-state index contributed by atoms with van der Waals surface area (Å²) in [7, 11) is -3.68. The minimum Gasteiger partial charge on any atom is -0.382 e. The molecule has 1 aliphatic heterocycles. The van der Waals surface area contributed by atoms with E-state index in [1.165, 1.54) is 0 Å². The van der Waals surface area contributed by atoms with Crippen molar-refractivity contribution in [3.63, 3.8) is 0 Å². The molecule has 0 bridgehead atoms. The van der Waals surface area contributed by atoms with E-state index in [-0.39, 0.29) is 19.1 Å². The number of nitrogens with two attached hydrogens (primary N) is 1. The largest absolute Gasteiger partial charge is 0.475 e. The highest BCUT2D eigenvalue weighted by Gasteiger charge is 2.52. The predicted octanol–water partition coefficient (Wildman–Crippen LogP) is 5.31. The van der Waals surface area contributed by atoms with Gasteiger partial charge in [-0.15, -0.1) is 0 Å². The van der Waals surface area contributed by atoms with Crippen molar-refractivity contribution in [3.8, 4) is 0 Å². The van der Waals surface area contributed by atoms with E-state index < -0.39 is 13.4 Å². The highest BCUT2D eigenvalue weighted by atomic mass is 35.5. The lowest BCUT2D eigenvalue weighted by atomic mass is 10.0. The van der Waals surface area contributed by atoms with Gasteiger partial charge >= 0.3 is 7.82 Å². The molecule has 0 radical (unpaired) electrons. The van der Waals surface area contributed by atoms with Gasteiger partial charge in [0.1, 0.15) is 5.52 Å². The molecule has 2 aromatic carbocycles. The first kappa shape index (κ1) is 21.1. The first-order chi connectivity index (χ1) is 15.9. The zero-order valence-corrected chi connectivity index (χ0v) is 19.3. The molecule has 3 heterocycles. The SMILES string of the molecule is Nc1nc2ccccc2c2c1ncn2CC1(OP2(=O)OCC(c3cccc(Cl)c3)CO2)CC1. The number of hydrogen-bond donors (Lipinski definition) is 1. The number of rotatable bonds is 5. The quantitative estimate of drug-likeness (QED) is 0.383. The zero-order valence-electron chi connectivity index (χ0n) is 17.7. The Morgan fingerprint density at radius 3 is 2.73 bits per heavy atom. The van der Waals surface area contributed by atoms with Crippen LogP contribution < -0.4 is 5.73 Å². The van der Waals surface area contributed by atoms with Crippen molar-refractivity contribution in [2.45, 2.75) is 30.9 Å². The lowest BCUT2D eigenvalue weighted by Crippen LogP contribution is -2.26. The summed E-state index contributed by atoms with van der Waals surface area (Å²) in [6.07, 6.45) is 3.23. The number of halogens is 1. The first-order valence-corrected chi connectivity index (χ1v) is 12.6. The number of anilines is 1. The molecule has 2 N–H and O–H groups in total. The van der Waals surface area contributed by atoms with Crippen LogP contribution in [-0.2, 0) is 24.7 Å². The number of nitrogens with zero attached hydrogens (tertiary/aromatic N) is 3. The van der Waals surface area contributed by atoms with Crippen LogP contribution in [0.2, 0.25) is 5.02 Å². The van der Waals surface area contributed by atoms with Crippen LogP contribution in [0, 0.1) is 0 Å². The minimum absolute atomic E-state index is 0.0519. The van der Waals surface area contributed by atoms with Crippen molar-refractivity contribution >= 4 is 47.2 Å². The van der Waals surface area contributed by atoms with Gasteiger partial charge < -0.3 is 10.3 Å². The third kappa shape index (κ3) is 3.92. The Morgan fingerprint density at radius 1 is 1.18 bits per heavy atom. The van der Waals surface area contributed by atoms with Crippen LogP contribution in [0.5, 0.6) is 0 Å². The summed E-state index contributed by atoms with van der Waals surface area (Å²) in [5.74, 6) is 0.330. The van der Waals surface area contributed by atoms with Crippen LogP contribution in [0.4, 0.5) is 5.82 Å². The third-order valence-electron chi connectivity index (χ3n) is 6.24. The molecule has 4 aromatic rings. The van der Waals surface area contributed by atoms with Gasteiger partial charge in [-0.05, 0) is 36.6 Å². The molecule has 0 amide bonds. The molecule has 2 fully saturated rings. The Hall–Kier alpha value is -2.48. The van der Waals surface area contributed by atoms with Gasteiger partial charge in [-0.1, -0.05) is 41.9 Å². The average Bonchev–Trinajstić information content (AvgIpc) is 3.41. The van der Waals surface area contributed by atoms with E-state index in [9.17, 15) is 4.57 Å². The van der Waals surface area contributed by atoms with Crippen molar-refractivity contribution in [2.75, 3.05) is 18.9 Å². The van der Waals surface area contributed by atoms with Crippen LogP contribution in [0.15, 0.2) is 54.9 Å². The van der Waals surface area contributed by atoms with E-state index in [0.29, 0.717) is 22.9 Å². The second kappa shape index (κ2) is 7.79. The second-order valence-corrected chi connectivity index (χ2v) is 10.7. The zero-order chi connectivity index (χ0) is 22.6. The van der Waals surface area contributed by atoms with Crippen molar-refractivity contribution in [3.05, 3.63) is 65.4 Å². The molecule has 0 unspecified atom stereocenters. The highest BCUT2D eigenvalue weighted by molar-refractivity contribution is 7.48. The fourth-order valence-corrected chi connectivity index (χ4v) is 6.16. The maximum Gasteiger partial charge on any atom is 0.475 e. The Morgan fingerprint density at radius 2 is 1.97 bits per heavy atom. The van der Waals surface area contributed by atoms with E-state index in [1.807, 2.05) is 53.1 Å². The van der Waals surface area contributed by atoms with Gasteiger partial charge in [0.25, 0.3) is 0 Å². The Bertz CT molecular complexity index is 1410. The normalized spacial score (nSPS) is 24.3. The van der Waals surface area contributed by atoms with Gasteiger partial charge in [0.2, 0.25) is 0 Å². The van der Waals surface area contributed by atoms with Crippen LogP contribution in [-0.4, -0.2) is 33.3 Å². The molecule has 33 heavy (non-hydrogen) atoms. The highest BCUT2D eigenvalue weighted by Crippen LogP contribution is 2.61. The molecule has 0 spiro atoms. The number of aromatic nitrogens is 3. The van der Waals surface area contributed by atoms with E-state index in [4.69, 9.17) is 30.9 Å². The van der Waals surface area contributed by atoms with E-state index in [1.54, 1.807) is 6.33 Å². The number of para-hydroxylation sites is 1. The molecule has 2 aromatic heterocycles. The number of nitrogen functional groups attached to an aromatic ring is 1. The molecule has 6 rings (SSSR count). The van der Waals surface area contributed by atoms with Crippen LogP contribution in [0.3, 0.4) is 0 Å². The van der Waals surface area contributed by atoms with Gasteiger partial charge in [0, 0.05) is 16.3 Å². The summed E-state index contributed by atoms with van der Waals surface area (Å²) < 4.78 is 32.6. The van der Waals surface area contributed by atoms with Gasteiger partial charge in [0.15, 0.2) is 5.82 Å². The summed E-state index contributed by atoms with van der Waals surface area (Å²) in [6.45, 7) is 0.953. The summed E-state index contributed by atoms with van der Waals surface area (Å²) in [6, 6.07) is 15.3. The van der Waals surface area contributed by atoms with Gasteiger partial charge in [-0.3, -0.25) is 13.6 Å². The molecule has 10 heteroatoms. The predicted molar refractivity (Wildman–Crippen MR) is 126 cm³/mol. The molecule has 1 saturated heterocycles. The molecule has 1 aliphatic carbocycles. The van der Waals surface area contributed by atoms with Crippen LogP contribution >= 0.6 is 19.4 Å². The average molecular weight is 485 g/mol. The fourth-order valence-electron chi connectivity index (χ4n) is 4.34. The first-order valence-electron chi connectivity index (χ1n) is 10.8. The summed E-state index contributed by atoms with van der Waals surface area (Å²) >= 11 is 6.09. The number of pyridine rings is 1. The van der Waals surface area contributed by atoms with Crippen molar-refractivity contribution in [2.24, 2.45) is 0 Å². The van der Waals surface area contributed by atoms with E-state index in [0.717, 1.165) is 34.8 Å². The van der Waals surface area contributed by atoms with E-state index in [2.05, 4.69) is 9.97 Å². The Balaban J connectivity index is 1.22. The Labute approximate surface area is 195 Å². The molecular weight excluding hydrogens is 463 g/mol. The molecule has 1 saturated carbocycles. The maximum atomic E-state index is 13.2. The number of imidazole rings is 1. The van der Waals surface area contributed by atoms with Gasteiger partial charge in [-0.2, -0.15) is 0 Å². The lowest BCUT2D eigenvalue weighted by molar-refractivity contribution is 0.0250. The monoisotopic (exact) mass is 484 g/mol. The molecular formula is C23H22ClN4O4P. The van der Waals surface area contributed by atoms with Gasteiger partial charge in [-0.25, -0.2) is 14.5 Å². The van der Waals surface area contributed by atoms with Crippen LogP contribution in [0.25, 0.3) is 21.9 Å². The van der Waals surface area contributed by atoms with E-state index >= 15 is 0 Å². The summed E-state index contributed by atoms with van der Waals surface area (Å²) in [5.41, 5.74) is 8.83. The van der Waals surface area contributed by atoms with Crippen molar-refractivity contribution < 1.29 is 18.1 Å². The Kier molecular flexibility index (Phi) is 4.98. The standard InChI is InChI=1S/C23H22ClN4O4P/c24-17-5-3-4-15(10-17)16-11-30-33(29,31-12-16)32-23(8-9-23)13-28-14-26-20-21(28)18-6-1-2-7-19(18)27-22(20)25/h1-7,10,14,16H,8-9,11-13H2,(H2,25,27). The molecule has 8 nitrogen and oxygen atoms in total. The number of phosphoric ester groups is 1.